The van der Waals surface area contributed by atoms with Crippen LogP contribution in [0.1, 0.15) is 12.0 Å². The average molecular weight is 510 g/mol. The van der Waals surface area contributed by atoms with Crippen LogP contribution < -0.4 is 25.4 Å². The van der Waals surface area contributed by atoms with Crippen LogP contribution in [0.15, 0.2) is 109 Å². The van der Waals surface area contributed by atoms with Crippen LogP contribution in [0, 0.1) is 0 Å². The fourth-order valence-corrected chi connectivity index (χ4v) is 3.68. The van der Waals surface area contributed by atoms with Crippen molar-refractivity contribution in [1.82, 2.24) is 0 Å². The normalized spacial score (nSPS) is 10.3. The van der Waals surface area contributed by atoms with Crippen LogP contribution in [-0.2, 0) is 16.0 Å². The molecule has 38 heavy (non-hydrogen) atoms. The Kier molecular flexibility index (Phi) is 9.74. The van der Waals surface area contributed by atoms with E-state index in [-0.39, 0.29) is 18.4 Å². The summed E-state index contributed by atoms with van der Waals surface area (Å²) in [7, 11) is 0. The molecule has 0 saturated heterocycles. The number of carbonyl (C=O) groups excluding carboxylic acids is 2. The van der Waals surface area contributed by atoms with Gasteiger partial charge in [-0.25, -0.2) is 0 Å². The first-order valence-electron chi connectivity index (χ1n) is 12.5. The number of anilines is 3. The lowest BCUT2D eigenvalue weighted by Crippen LogP contribution is -2.21. The van der Waals surface area contributed by atoms with Crippen LogP contribution >= 0.6 is 0 Å². The SMILES string of the molecule is O=C(CCc1ccccc1)Nc1ccc(NCC(=O)Nc2cccc(OCCOc3ccccc3)c2)cc1. The first kappa shape index (κ1) is 26.3. The second-order valence-electron chi connectivity index (χ2n) is 8.55. The number of amides is 2. The highest BCUT2D eigenvalue weighted by Crippen LogP contribution is 2.18. The van der Waals surface area contributed by atoms with Crippen LogP contribution in [0.5, 0.6) is 11.5 Å². The molecule has 0 radical (unpaired) electrons. The summed E-state index contributed by atoms with van der Waals surface area (Å²) in [4.78, 5) is 24.6. The van der Waals surface area contributed by atoms with Gasteiger partial charge in [0.25, 0.3) is 0 Å². The molecule has 194 valence electrons. The molecule has 0 heterocycles. The van der Waals surface area contributed by atoms with Crippen molar-refractivity contribution in [1.29, 1.82) is 0 Å². The fourth-order valence-electron chi connectivity index (χ4n) is 3.68. The lowest BCUT2D eigenvalue weighted by atomic mass is 10.1. The summed E-state index contributed by atoms with van der Waals surface area (Å²) in [6.07, 6.45) is 1.11. The zero-order valence-corrected chi connectivity index (χ0v) is 21.1. The highest BCUT2D eigenvalue weighted by molar-refractivity contribution is 5.94. The molecule has 4 aromatic carbocycles. The van der Waals surface area contributed by atoms with Gasteiger partial charge in [-0.3, -0.25) is 9.59 Å². The minimum atomic E-state index is -0.187. The summed E-state index contributed by atoms with van der Waals surface area (Å²) in [5.41, 5.74) is 3.27. The van der Waals surface area contributed by atoms with Gasteiger partial charge in [-0.15, -0.1) is 0 Å². The molecule has 0 aromatic heterocycles. The van der Waals surface area contributed by atoms with Gasteiger partial charge in [-0.2, -0.15) is 0 Å². The Morgan fingerprint density at radius 1 is 0.579 bits per heavy atom. The van der Waals surface area contributed by atoms with Gasteiger partial charge in [-0.05, 0) is 60.5 Å². The minimum absolute atomic E-state index is 0.0381. The third kappa shape index (κ3) is 9.02. The second-order valence-corrected chi connectivity index (χ2v) is 8.55. The quantitative estimate of drug-likeness (QED) is 0.199. The molecule has 0 aliphatic rings. The first-order chi connectivity index (χ1) is 18.6. The standard InChI is InChI=1S/C31H31N3O4/c35-30(19-14-24-8-3-1-4-9-24)33-26-17-15-25(16-18-26)32-23-31(36)34-27-10-7-13-29(22-27)38-21-20-37-28-11-5-2-6-12-28/h1-13,15-18,22,32H,14,19-21,23H2,(H,33,35)(H,34,36). The molecule has 0 bridgehead atoms. The number of rotatable bonds is 13. The zero-order valence-electron chi connectivity index (χ0n) is 21.1. The molecule has 0 aliphatic carbocycles. The summed E-state index contributed by atoms with van der Waals surface area (Å²) in [5, 5.41) is 8.86. The van der Waals surface area contributed by atoms with Crippen molar-refractivity contribution >= 4 is 28.9 Å². The molecule has 0 aliphatic heterocycles. The summed E-state index contributed by atoms with van der Waals surface area (Å²) >= 11 is 0. The number of carbonyl (C=O) groups is 2. The highest BCUT2D eigenvalue weighted by Gasteiger charge is 2.06. The number of hydrogen-bond acceptors (Lipinski definition) is 5. The van der Waals surface area contributed by atoms with Gasteiger partial charge in [0.05, 0.1) is 6.54 Å². The molecular weight excluding hydrogens is 478 g/mol. The van der Waals surface area contributed by atoms with E-state index in [9.17, 15) is 9.59 Å². The van der Waals surface area contributed by atoms with E-state index < -0.39 is 0 Å². The first-order valence-corrected chi connectivity index (χ1v) is 12.5. The van der Waals surface area contributed by atoms with Crippen LogP contribution in [0.2, 0.25) is 0 Å². The zero-order chi connectivity index (χ0) is 26.4. The van der Waals surface area contributed by atoms with E-state index >= 15 is 0 Å². The molecule has 0 spiro atoms. The maximum Gasteiger partial charge on any atom is 0.243 e. The van der Waals surface area contributed by atoms with E-state index in [0.29, 0.717) is 43.2 Å². The highest BCUT2D eigenvalue weighted by atomic mass is 16.5. The molecule has 4 rings (SSSR count). The predicted molar refractivity (Wildman–Crippen MR) is 151 cm³/mol. The van der Waals surface area contributed by atoms with Crippen molar-refractivity contribution < 1.29 is 19.1 Å². The molecule has 7 heteroatoms. The van der Waals surface area contributed by atoms with E-state index in [1.807, 2.05) is 97.1 Å². The van der Waals surface area contributed by atoms with Gasteiger partial charge in [0.1, 0.15) is 24.7 Å². The van der Waals surface area contributed by atoms with Crippen molar-refractivity contribution in [3.05, 3.63) is 115 Å². The Balaban J connectivity index is 1.15. The van der Waals surface area contributed by atoms with Crippen LogP contribution in [0.3, 0.4) is 0 Å². The molecule has 0 fully saturated rings. The Morgan fingerprint density at radius 2 is 1.18 bits per heavy atom. The lowest BCUT2D eigenvalue weighted by Gasteiger charge is -2.11. The van der Waals surface area contributed by atoms with Crippen molar-refractivity contribution in [2.45, 2.75) is 12.8 Å². The Labute approximate surface area is 222 Å². The van der Waals surface area contributed by atoms with E-state index in [4.69, 9.17) is 9.47 Å². The molecule has 0 saturated carbocycles. The summed E-state index contributed by atoms with van der Waals surface area (Å²) in [6.45, 7) is 0.900. The van der Waals surface area contributed by atoms with Crippen LogP contribution in [-0.4, -0.2) is 31.6 Å². The Hall–Kier alpha value is -4.78. The fraction of sp³-hybridized carbons (Fsp3) is 0.161. The number of nitrogens with one attached hydrogen (secondary N) is 3. The Bertz CT molecular complexity index is 1300. The van der Waals surface area contributed by atoms with Crippen molar-refractivity contribution in [3.8, 4) is 11.5 Å². The molecule has 3 N–H and O–H groups in total. The largest absolute Gasteiger partial charge is 0.490 e. The number of ether oxygens (including phenoxy) is 2. The van der Waals surface area contributed by atoms with Crippen LogP contribution in [0.25, 0.3) is 0 Å². The number of para-hydroxylation sites is 1. The smallest absolute Gasteiger partial charge is 0.243 e. The maximum atomic E-state index is 12.4. The van der Waals surface area contributed by atoms with Gasteiger partial charge < -0.3 is 25.4 Å². The Morgan fingerprint density at radius 3 is 1.92 bits per heavy atom. The average Bonchev–Trinajstić information content (AvgIpc) is 2.95. The third-order valence-electron chi connectivity index (χ3n) is 5.59. The van der Waals surface area contributed by atoms with E-state index in [1.165, 1.54) is 0 Å². The minimum Gasteiger partial charge on any atom is -0.490 e. The summed E-state index contributed by atoms with van der Waals surface area (Å²) < 4.78 is 11.4. The van der Waals surface area contributed by atoms with Gasteiger partial charge in [0.2, 0.25) is 11.8 Å². The van der Waals surface area contributed by atoms with Crippen molar-refractivity contribution in [2.24, 2.45) is 0 Å². The molecule has 0 unspecified atom stereocenters. The molecule has 2 amide bonds. The second kappa shape index (κ2) is 14.1. The number of benzene rings is 4. The van der Waals surface area contributed by atoms with Crippen molar-refractivity contribution in [2.75, 3.05) is 35.7 Å². The summed E-state index contributed by atoms with van der Waals surface area (Å²) in [6, 6.07) is 34.0. The molecular formula is C31H31N3O4. The number of hydrogen-bond donors (Lipinski definition) is 3. The maximum absolute atomic E-state index is 12.4. The van der Waals surface area contributed by atoms with Crippen LogP contribution in [0.4, 0.5) is 17.1 Å². The molecule has 4 aromatic rings. The molecule has 0 atom stereocenters. The van der Waals surface area contributed by atoms with Gasteiger partial charge >= 0.3 is 0 Å². The monoisotopic (exact) mass is 509 g/mol. The van der Waals surface area contributed by atoms with Gasteiger partial charge in [0, 0.05) is 29.5 Å². The number of aryl methyl sites for hydroxylation is 1. The molecule has 7 nitrogen and oxygen atoms in total. The summed E-state index contributed by atoms with van der Waals surface area (Å²) in [5.74, 6) is 1.22. The van der Waals surface area contributed by atoms with E-state index in [2.05, 4.69) is 16.0 Å². The van der Waals surface area contributed by atoms with E-state index in [1.54, 1.807) is 12.1 Å². The predicted octanol–water partition coefficient (Wildman–Crippen LogP) is 5.77. The third-order valence-corrected chi connectivity index (χ3v) is 5.59. The van der Waals surface area contributed by atoms with E-state index in [0.717, 1.165) is 17.0 Å². The topological polar surface area (TPSA) is 88.7 Å². The van der Waals surface area contributed by atoms with Gasteiger partial charge in [-0.1, -0.05) is 54.6 Å². The van der Waals surface area contributed by atoms with Crippen molar-refractivity contribution in [3.63, 3.8) is 0 Å². The van der Waals surface area contributed by atoms with Gasteiger partial charge in [0.15, 0.2) is 0 Å². The lowest BCUT2D eigenvalue weighted by molar-refractivity contribution is -0.116.